The topological polar surface area (TPSA) is 46.5 Å². The Kier molecular flexibility index (Phi) is 5.21. The number of aromatic hydroxyl groups is 1. The molecule has 1 atom stereocenters. The molecule has 0 radical (unpaired) electrons. The number of benzene rings is 1. The molecule has 0 saturated heterocycles. The standard InChI is InChI=1S/C17H26O3/c1-7-20-16(19)12(3)9-13-8-11(2)15(18)14(10-13)17(4,5)6/h8,10,12,18H,7,9H2,1-6H3. The summed E-state index contributed by atoms with van der Waals surface area (Å²) in [5, 5.41) is 10.2. The third kappa shape index (κ3) is 3.99. The zero-order valence-corrected chi connectivity index (χ0v) is 13.4. The van der Waals surface area contributed by atoms with E-state index in [-0.39, 0.29) is 17.3 Å². The summed E-state index contributed by atoms with van der Waals surface area (Å²) in [5.41, 5.74) is 2.70. The lowest BCUT2D eigenvalue weighted by Gasteiger charge is -2.23. The van der Waals surface area contributed by atoms with Crippen molar-refractivity contribution in [2.75, 3.05) is 6.61 Å². The van der Waals surface area contributed by atoms with Crippen molar-refractivity contribution in [2.24, 2.45) is 5.92 Å². The molecule has 0 amide bonds. The smallest absolute Gasteiger partial charge is 0.308 e. The molecule has 0 spiro atoms. The van der Waals surface area contributed by atoms with Gasteiger partial charge in [-0.15, -0.1) is 0 Å². The number of aryl methyl sites for hydroxylation is 1. The summed E-state index contributed by atoms with van der Waals surface area (Å²) in [7, 11) is 0. The molecular weight excluding hydrogens is 252 g/mol. The third-order valence-electron chi connectivity index (χ3n) is 3.40. The predicted octanol–water partition coefficient (Wildman–Crippen LogP) is 3.74. The molecule has 0 bridgehead atoms. The van der Waals surface area contributed by atoms with Crippen molar-refractivity contribution in [3.05, 3.63) is 28.8 Å². The lowest BCUT2D eigenvalue weighted by atomic mass is 9.83. The number of carbonyl (C=O) groups is 1. The van der Waals surface area contributed by atoms with E-state index in [0.717, 1.165) is 16.7 Å². The third-order valence-corrected chi connectivity index (χ3v) is 3.40. The zero-order valence-electron chi connectivity index (χ0n) is 13.4. The fourth-order valence-corrected chi connectivity index (χ4v) is 2.27. The fraction of sp³-hybridized carbons (Fsp3) is 0.588. The minimum Gasteiger partial charge on any atom is -0.507 e. The zero-order chi connectivity index (χ0) is 15.5. The Bertz CT molecular complexity index is 484. The van der Waals surface area contributed by atoms with Gasteiger partial charge in [0.25, 0.3) is 0 Å². The first-order valence-electron chi connectivity index (χ1n) is 7.16. The van der Waals surface area contributed by atoms with E-state index >= 15 is 0 Å². The summed E-state index contributed by atoms with van der Waals surface area (Å²) in [6.07, 6.45) is 0.628. The van der Waals surface area contributed by atoms with Crippen LogP contribution in [0.2, 0.25) is 0 Å². The SMILES string of the molecule is CCOC(=O)C(C)Cc1cc(C)c(O)c(C(C)(C)C)c1. The Balaban J connectivity index is 3.03. The molecule has 1 aromatic carbocycles. The van der Waals surface area contributed by atoms with Crippen LogP contribution < -0.4 is 0 Å². The van der Waals surface area contributed by atoms with Gasteiger partial charge in [0.05, 0.1) is 12.5 Å². The molecule has 0 fully saturated rings. The van der Waals surface area contributed by atoms with Crippen LogP contribution in [0.3, 0.4) is 0 Å². The summed E-state index contributed by atoms with van der Waals surface area (Å²) in [4.78, 5) is 11.7. The monoisotopic (exact) mass is 278 g/mol. The van der Waals surface area contributed by atoms with Gasteiger partial charge in [0.2, 0.25) is 0 Å². The summed E-state index contributed by atoms with van der Waals surface area (Å²) in [5.74, 6) is 0.00675. The Hall–Kier alpha value is -1.51. The number of rotatable bonds is 4. The van der Waals surface area contributed by atoms with Crippen molar-refractivity contribution < 1.29 is 14.6 Å². The summed E-state index contributed by atoms with van der Waals surface area (Å²) in [6, 6.07) is 3.94. The molecular formula is C17H26O3. The van der Waals surface area contributed by atoms with Crippen LogP contribution in [-0.4, -0.2) is 17.7 Å². The minimum atomic E-state index is -0.174. The number of phenols is 1. The highest BCUT2D eigenvalue weighted by Crippen LogP contribution is 2.34. The lowest BCUT2D eigenvalue weighted by molar-refractivity contribution is -0.147. The van der Waals surface area contributed by atoms with Crippen LogP contribution in [-0.2, 0) is 21.4 Å². The average molecular weight is 278 g/mol. The second-order valence-electron chi connectivity index (χ2n) is 6.42. The number of hydrogen-bond acceptors (Lipinski definition) is 3. The lowest BCUT2D eigenvalue weighted by Crippen LogP contribution is -2.18. The van der Waals surface area contributed by atoms with Gasteiger partial charge >= 0.3 is 5.97 Å². The normalized spacial score (nSPS) is 13.1. The Morgan fingerprint density at radius 3 is 2.45 bits per heavy atom. The quantitative estimate of drug-likeness (QED) is 0.853. The van der Waals surface area contributed by atoms with E-state index in [4.69, 9.17) is 4.74 Å². The average Bonchev–Trinajstić information content (AvgIpc) is 2.32. The van der Waals surface area contributed by atoms with Crippen LogP contribution in [0.15, 0.2) is 12.1 Å². The maximum atomic E-state index is 11.7. The van der Waals surface area contributed by atoms with Crippen LogP contribution in [0.1, 0.15) is 51.3 Å². The second-order valence-corrected chi connectivity index (χ2v) is 6.42. The first-order valence-corrected chi connectivity index (χ1v) is 7.16. The van der Waals surface area contributed by atoms with E-state index in [1.54, 1.807) is 0 Å². The Morgan fingerprint density at radius 2 is 1.95 bits per heavy atom. The van der Waals surface area contributed by atoms with E-state index in [2.05, 4.69) is 20.8 Å². The van der Waals surface area contributed by atoms with Crippen molar-refractivity contribution in [3.8, 4) is 5.75 Å². The molecule has 0 heterocycles. The molecule has 0 aliphatic heterocycles. The predicted molar refractivity (Wildman–Crippen MR) is 81.0 cm³/mol. The fourth-order valence-electron chi connectivity index (χ4n) is 2.27. The molecule has 20 heavy (non-hydrogen) atoms. The number of phenolic OH excluding ortho intramolecular Hbond substituents is 1. The largest absolute Gasteiger partial charge is 0.507 e. The molecule has 3 nitrogen and oxygen atoms in total. The van der Waals surface area contributed by atoms with E-state index in [1.165, 1.54) is 0 Å². The van der Waals surface area contributed by atoms with Crippen molar-refractivity contribution in [3.63, 3.8) is 0 Å². The van der Waals surface area contributed by atoms with Crippen molar-refractivity contribution in [1.29, 1.82) is 0 Å². The highest BCUT2D eigenvalue weighted by molar-refractivity contribution is 5.72. The molecule has 1 aromatic rings. The van der Waals surface area contributed by atoms with Crippen molar-refractivity contribution in [2.45, 2.75) is 53.4 Å². The van der Waals surface area contributed by atoms with Gasteiger partial charge in [0.15, 0.2) is 0 Å². The summed E-state index contributed by atoms with van der Waals surface area (Å²) < 4.78 is 5.04. The van der Waals surface area contributed by atoms with E-state index in [9.17, 15) is 9.90 Å². The number of ether oxygens (including phenoxy) is 1. The Morgan fingerprint density at radius 1 is 1.35 bits per heavy atom. The van der Waals surface area contributed by atoms with Crippen molar-refractivity contribution in [1.82, 2.24) is 0 Å². The maximum absolute atomic E-state index is 11.7. The first-order chi connectivity index (χ1) is 9.16. The van der Waals surface area contributed by atoms with Gasteiger partial charge in [-0.25, -0.2) is 0 Å². The van der Waals surface area contributed by atoms with E-state index in [0.29, 0.717) is 18.8 Å². The molecule has 1 N–H and O–H groups in total. The van der Waals surface area contributed by atoms with Crippen molar-refractivity contribution >= 4 is 5.97 Å². The highest BCUT2D eigenvalue weighted by Gasteiger charge is 2.22. The number of esters is 1. The van der Waals surface area contributed by atoms with E-state index < -0.39 is 0 Å². The minimum absolute atomic E-state index is 0.127. The molecule has 3 heteroatoms. The Labute approximate surface area is 122 Å². The molecule has 0 aliphatic carbocycles. The van der Waals surface area contributed by atoms with Crippen LogP contribution in [0.5, 0.6) is 5.75 Å². The summed E-state index contributed by atoms with van der Waals surface area (Å²) >= 11 is 0. The van der Waals surface area contributed by atoms with Gasteiger partial charge in [-0.2, -0.15) is 0 Å². The number of hydrogen-bond donors (Lipinski definition) is 1. The number of carbonyl (C=O) groups excluding carboxylic acids is 1. The van der Waals surface area contributed by atoms with Gasteiger partial charge < -0.3 is 9.84 Å². The molecule has 1 unspecified atom stereocenters. The molecule has 0 saturated carbocycles. The van der Waals surface area contributed by atoms with Gasteiger partial charge in [-0.05, 0) is 42.4 Å². The van der Waals surface area contributed by atoms with Crippen LogP contribution >= 0.6 is 0 Å². The van der Waals surface area contributed by atoms with Gasteiger partial charge in [-0.3, -0.25) is 4.79 Å². The van der Waals surface area contributed by atoms with Gasteiger partial charge in [0.1, 0.15) is 5.75 Å². The van der Waals surface area contributed by atoms with E-state index in [1.807, 2.05) is 32.9 Å². The first kappa shape index (κ1) is 16.5. The van der Waals surface area contributed by atoms with Crippen LogP contribution in [0.4, 0.5) is 0 Å². The van der Waals surface area contributed by atoms with Gasteiger partial charge in [-0.1, -0.05) is 39.8 Å². The van der Waals surface area contributed by atoms with Crippen LogP contribution in [0.25, 0.3) is 0 Å². The van der Waals surface area contributed by atoms with Gasteiger partial charge in [0, 0.05) is 0 Å². The highest BCUT2D eigenvalue weighted by atomic mass is 16.5. The molecule has 112 valence electrons. The second kappa shape index (κ2) is 6.29. The summed E-state index contributed by atoms with van der Waals surface area (Å²) in [6.45, 7) is 12.2. The van der Waals surface area contributed by atoms with Crippen LogP contribution in [0, 0.1) is 12.8 Å². The molecule has 0 aromatic heterocycles. The molecule has 0 aliphatic rings. The maximum Gasteiger partial charge on any atom is 0.308 e. The molecule has 1 rings (SSSR count).